The Morgan fingerprint density at radius 1 is 0.648 bits per heavy atom. The lowest BCUT2D eigenvalue weighted by molar-refractivity contribution is 0.720. The number of nitrogens with zero attached hydrogens (tertiary/aromatic N) is 3. The number of benzene rings is 8. The SMILES string of the molecule is C=C1/C=C(c2ccc3c(c2)-c2c(C(/C=C(C)\C=C\c4ccccc4)=NC)cccc2C32c3ccccc3N3c4c(cccc42)C2=CC=CCC23)\C=C/N(c2ccccc2)c2ccccc21.c1ccccc1. The van der Waals surface area contributed by atoms with Crippen LogP contribution in [0, 0.1) is 0 Å². The second-order valence-corrected chi connectivity index (χ2v) is 18.7. The predicted molar refractivity (Wildman–Crippen MR) is 301 cm³/mol. The lowest BCUT2D eigenvalue weighted by Gasteiger charge is -2.45. The smallest absolute Gasteiger partial charge is 0.0754 e. The molecule has 5 aliphatic rings. The molecule has 3 nitrogen and oxygen atoms in total. The van der Waals surface area contributed by atoms with Crippen LogP contribution < -0.4 is 9.80 Å². The summed E-state index contributed by atoms with van der Waals surface area (Å²) < 4.78 is 0. The Hall–Kier alpha value is -8.79. The number of para-hydroxylation sites is 4. The summed E-state index contributed by atoms with van der Waals surface area (Å²) in [7, 11) is 1.93. The van der Waals surface area contributed by atoms with Gasteiger partial charge in [-0.1, -0.05) is 207 Å². The molecule has 0 saturated carbocycles. The van der Waals surface area contributed by atoms with Crippen LogP contribution in [-0.4, -0.2) is 18.8 Å². The molecular formula is C68H53N3. The Balaban J connectivity index is 0.000000805. The van der Waals surface area contributed by atoms with Gasteiger partial charge in [0.2, 0.25) is 0 Å². The third kappa shape index (κ3) is 7.32. The van der Waals surface area contributed by atoms with Gasteiger partial charge in [0.05, 0.1) is 28.5 Å². The van der Waals surface area contributed by atoms with Crippen LogP contribution in [0.5, 0.6) is 0 Å². The molecule has 8 aromatic carbocycles. The molecule has 0 radical (unpaired) electrons. The van der Waals surface area contributed by atoms with E-state index < -0.39 is 5.41 Å². The third-order valence-corrected chi connectivity index (χ3v) is 14.7. The fourth-order valence-corrected chi connectivity index (χ4v) is 11.6. The van der Waals surface area contributed by atoms with Crippen molar-refractivity contribution in [3.8, 4) is 11.1 Å². The Kier molecular flexibility index (Phi) is 11.2. The van der Waals surface area contributed by atoms with Crippen molar-refractivity contribution in [1.82, 2.24) is 0 Å². The molecule has 3 heterocycles. The monoisotopic (exact) mass is 911 g/mol. The van der Waals surface area contributed by atoms with Crippen LogP contribution in [-0.2, 0) is 5.41 Å². The highest BCUT2D eigenvalue weighted by Gasteiger charge is 2.55. The Morgan fingerprint density at radius 2 is 1.31 bits per heavy atom. The highest BCUT2D eigenvalue weighted by atomic mass is 15.2. The molecule has 0 saturated heterocycles. The van der Waals surface area contributed by atoms with E-state index in [1.807, 2.05) is 43.4 Å². The quantitative estimate of drug-likeness (QED) is 0.122. The van der Waals surface area contributed by atoms with Crippen LogP contribution in [0.1, 0.15) is 63.4 Å². The van der Waals surface area contributed by atoms with E-state index in [-0.39, 0.29) is 6.04 Å². The molecule has 3 aliphatic heterocycles. The lowest BCUT2D eigenvalue weighted by Crippen LogP contribution is -2.39. The van der Waals surface area contributed by atoms with Gasteiger partial charge >= 0.3 is 0 Å². The van der Waals surface area contributed by atoms with E-state index in [1.165, 1.54) is 61.5 Å². The van der Waals surface area contributed by atoms with E-state index >= 15 is 0 Å². The van der Waals surface area contributed by atoms with Gasteiger partial charge in [-0.25, -0.2) is 0 Å². The molecule has 1 spiro atoms. The van der Waals surface area contributed by atoms with E-state index in [0.717, 1.165) is 56.9 Å². The first kappa shape index (κ1) is 43.5. The first-order valence-electron chi connectivity index (χ1n) is 24.6. The maximum atomic E-state index is 5.06. The van der Waals surface area contributed by atoms with E-state index in [9.17, 15) is 0 Å². The minimum Gasteiger partial charge on any atom is -0.332 e. The molecule has 2 atom stereocenters. The van der Waals surface area contributed by atoms with Gasteiger partial charge in [-0.05, 0) is 129 Å². The van der Waals surface area contributed by atoms with Crippen molar-refractivity contribution in [2.45, 2.75) is 24.8 Å². The van der Waals surface area contributed by atoms with Gasteiger partial charge in [-0.3, -0.25) is 4.99 Å². The second-order valence-electron chi connectivity index (χ2n) is 18.7. The molecule has 2 unspecified atom stereocenters. The predicted octanol–water partition coefficient (Wildman–Crippen LogP) is 16.8. The molecule has 8 aromatic rings. The van der Waals surface area contributed by atoms with Crippen LogP contribution in [0.4, 0.5) is 22.7 Å². The average Bonchev–Trinajstić information content (AvgIpc) is 3.93. The fraction of sp³-hybridized carbons (Fsp3) is 0.0735. The fourth-order valence-electron chi connectivity index (χ4n) is 11.6. The summed E-state index contributed by atoms with van der Waals surface area (Å²) in [6.07, 6.45) is 21.2. The standard InChI is InChI=1S/C62H47N3.C6H6/c1-41(32-33-43-18-6-4-7-19-43)38-56(63-3)50-25-17-27-54-60(50)51-40-44(45-36-37-64(46-20-8-5-9-21-46)57-29-13-10-22-47(57)42(2)39-45)34-35-52(51)62(54)53-26-12-15-31-59(53)65-58-30-14-11-23-48(58)49-24-16-28-55(62)61(49)65;1-2-4-6-5-3-1/h4-29,31-40,58H,2,30H2,1,3H3;1-6H/b33-32+,37-36-,41-38-,45-39+,63-56?;. The van der Waals surface area contributed by atoms with Crippen LogP contribution >= 0.6 is 0 Å². The van der Waals surface area contributed by atoms with Crippen LogP contribution in [0.25, 0.3) is 33.9 Å². The number of hydrogen-bond donors (Lipinski definition) is 0. The summed E-state index contributed by atoms with van der Waals surface area (Å²) >= 11 is 0. The summed E-state index contributed by atoms with van der Waals surface area (Å²) in [4.78, 5) is 9.98. The van der Waals surface area contributed by atoms with Gasteiger partial charge in [-0.2, -0.15) is 0 Å². The van der Waals surface area contributed by atoms with Crippen molar-refractivity contribution in [2.75, 3.05) is 16.8 Å². The van der Waals surface area contributed by atoms with Gasteiger partial charge in [0, 0.05) is 41.3 Å². The molecule has 71 heavy (non-hydrogen) atoms. The molecule has 0 aromatic heterocycles. The van der Waals surface area contributed by atoms with Crippen molar-refractivity contribution >= 4 is 51.3 Å². The number of aliphatic imine (C=N–C) groups is 1. The van der Waals surface area contributed by atoms with Crippen molar-refractivity contribution in [2.24, 2.45) is 4.99 Å². The summed E-state index contributed by atoms with van der Waals surface area (Å²) in [6.45, 7) is 6.84. The zero-order valence-electron chi connectivity index (χ0n) is 40.1. The topological polar surface area (TPSA) is 18.8 Å². The third-order valence-electron chi connectivity index (χ3n) is 14.7. The molecule has 340 valence electrons. The lowest BCUT2D eigenvalue weighted by atomic mass is 9.64. The minimum atomic E-state index is -0.582. The molecule has 0 amide bonds. The minimum absolute atomic E-state index is 0.256. The Bertz CT molecular complexity index is 3580. The maximum absolute atomic E-state index is 5.06. The first-order chi connectivity index (χ1) is 35.0. The second kappa shape index (κ2) is 18.3. The first-order valence-corrected chi connectivity index (χ1v) is 24.6. The summed E-state index contributed by atoms with van der Waals surface area (Å²) in [6, 6.07) is 72.2. The molecular weight excluding hydrogens is 859 g/mol. The summed E-state index contributed by atoms with van der Waals surface area (Å²) in [5, 5.41) is 0. The van der Waals surface area contributed by atoms with Crippen molar-refractivity contribution in [3.05, 3.63) is 311 Å². The molecule has 2 aliphatic carbocycles. The van der Waals surface area contributed by atoms with Crippen LogP contribution in [0.2, 0.25) is 0 Å². The maximum Gasteiger partial charge on any atom is 0.0754 e. The normalized spacial score (nSPS) is 19.2. The average molecular weight is 912 g/mol. The van der Waals surface area contributed by atoms with Crippen molar-refractivity contribution in [1.29, 1.82) is 0 Å². The van der Waals surface area contributed by atoms with Gasteiger partial charge in [0.25, 0.3) is 0 Å². The largest absolute Gasteiger partial charge is 0.332 e. The summed E-state index contributed by atoms with van der Waals surface area (Å²) in [5.74, 6) is 0. The number of hydrogen-bond acceptors (Lipinski definition) is 3. The number of fused-ring (bicyclic) bond motifs is 13. The number of rotatable bonds is 6. The van der Waals surface area contributed by atoms with Crippen LogP contribution in [0.15, 0.2) is 266 Å². The highest BCUT2D eigenvalue weighted by molar-refractivity contribution is 6.16. The van der Waals surface area contributed by atoms with Gasteiger partial charge < -0.3 is 9.80 Å². The zero-order chi connectivity index (χ0) is 47.9. The highest BCUT2D eigenvalue weighted by Crippen LogP contribution is 2.66. The van der Waals surface area contributed by atoms with Gasteiger partial charge in [-0.15, -0.1) is 0 Å². The van der Waals surface area contributed by atoms with Gasteiger partial charge in [0.15, 0.2) is 0 Å². The summed E-state index contributed by atoms with van der Waals surface area (Å²) in [5.41, 5.74) is 23.3. The molecule has 0 fully saturated rings. The number of anilines is 4. The molecule has 13 rings (SSSR count). The van der Waals surface area contributed by atoms with Crippen LogP contribution in [0.3, 0.4) is 0 Å². The molecule has 0 N–H and O–H groups in total. The van der Waals surface area contributed by atoms with Crippen molar-refractivity contribution < 1.29 is 0 Å². The molecule has 3 heteroatoms. The Labute approximate surface area is 418 Å². The molecule has 0 bridgehead atoms. The van der Waals surface area contributed by atoms with E-state index in [0.29, 0.717) is 0 Å². The zero-order valence-corrected chi connectivity index (χ0v) is 40.1. The van der Waals surface area contributed by atoms with E-state index in [1.54, 1.807) is 0 Å². The van der Waals surface area contributed by atoms with E-state index in [2.05, 4.69) is 242 Å². The van der Waals surface area contributed by atoms with Gasteiger partial charge in [0.1, 0.15) is 0 Å². The number of allylic oxidation sites excluding steroid dienone is 9. The Morgan fingerprint density at radius 3 is 2.10 bits per heavy atom. The van der Waals surface area contributed by atoms with Crippen molar-refractivity contribution in [3.63, 3.8) is 0 Å². The van der Waals surface area contributed by atoms with E-state index in [4.69, 9.17) is 4.99 Å².